The molecule has 0 radical (unpaired) electrons. The molecule has 1 aromatic rings. The van der Waals surface area contributed by atoms with Gasteiger partial charge in [0.05, 0.1) is 6.54 Å². The molecule has 0 aliphatic carbocycles. The molecule has 2 aliphatic heterocycles. The number of benzene rings is 1. The third-order valence-corrected chi connectivity index (χ3v) is 5.21. The van der Waals surface area contributed by atoms with Gasteiger partial charge in [-0.2, -0.15) is 0 Å². The summed E-state index contributed by atoms with van der Waals surface area (Å²) in [5.74, 6) is 0.0208. The van der Waals surface area contributed by atoms with Crippen LogP contribution in [0.3, 0.4) is 0 Å². The van der Waals surface area contributed by atoms with Crippen molar-refractivity contribution in [3.05, 3.63) is 23.8 Å². The standard InChI is InChI=1S/C20H30N4O2/c1-15-7-8-17(22-19(25)13-16-6-5-9-21-16)12-18(15)23-20(26)14-24-10-3-2-4-11-24/h7-8,12,16,21H,2-6,9-11,13-14H2,1H3,(H,22,25)(H,23,26). The van der Waals surface area contributed by atoms with Gasteiger partial charge in [0.2, 0.25) is 11.8 Å². The van der Waals surface area contributed by atoms with Gasteiger partial charge in [-0.1, -0.05) is 12.5 Å². The van der Waals surface area contributed by atoms with Crippen molar-refractivity contribution in [2.75, 3.05) is 36.8 Å². The highest BCUT2D eigenvalue weighted by atomic mass is 16.2. The van der Waals surface area contributed by atoms with Crippen LogP contribution in [0.2, 0.25) is 0 Å². The molecule has 3 rings (SSSR count). The van der Waals surface area contributed by atoms with E-state index in [1.165, 1.54) is 19.3 Å². The monoisotopic (exact) mass is 358 g/mol. The Labute approximate surface area is 155 Å². The summed E-state index contributed by atoms with van der Waals surface area (Å²) in [6.45, 7) is 5.39. The number of piperidine rings is 1. The van der Waals surface area contributed by atoms with Gasteiger partial charge in [-0.3, -0.25) is 14.5 Å². The summed E-state index contributed by atoms with van der Waals surface area (Å²) in [5, 5.41) is 9.29. The lowest BCUT2D eigenvalue weighted by Gasteiger charge is -2.25. The molecule has 1 unspecified atom stereocenters. The number of hydrogen-bond donors (Lipinski definition) is 3. The third kappa shape index (κ3) is 5.54. The van der Waals surface area contributed by atoms with Crippen LogP contribution in [0.15, 0.2) is 18.2 Å². The molecule has 0 aromatic heterocycles. The van der Waals surface area contributed by atoms with E-state index >= 15 is 0 Å². The lowest BCUT2D eigenvalue weighted by atomic mass is 10.1. The van der Waals surface area contributed by atoms with Crippen molar-refractivity contribution < 1.29 is 9.59 Å². The summed E-state index contributed by atoms with van der Waals surface area (Å²) < 4.78 is 0. The van der Waals surface area contributed by atoms with Gasteiger partial charge in [0.25, 0.3) is 0 Å². The first kappa shape index (κ1) is 18.9. The van der Waals surface area contributed by atoms with E-state index in [0.29, 0.717) is 13.0 Å². The van der Waals surface area contributed by atoms with Crippen LogP contribution in [0.1, 0.15) is 44.1 Å². The predicted octanol–water partition coefficient (Wildman–Crippen LogP) is 2.50. The molecule has 1 atom stereocenters. The van der Waals surface area contributed by atoms with Gasteiger partial charge >= 0.3 is 0 Å². The van der Waals surface area contributed by atoms with Crippen LogP contribution in [0, 0.1) is 6.92 Å². The lowest BCUT2D eigenvalue weighted by Crippen LogP contribution is -2.36. The molecular weight excluding hydrogens is 328 g/mol. The van der Waals surface area contributed by atoms with Crippen molar-refractivity contribution in [2.24, 2.45) is 0 Å². The average molecular weight is 358 g/mol. The summed E-state index contributed by atoms with van der Waals surface area (Å²) in [4.78, 5) is 26.8. The Balaban J connectivity index is 1.54. The van der Waals surface area contributed by atoms with E-state index in [1.807, 2.05) is 25.1 Å². The molecule has 26 heavy (non-hydrogen) atoms. The largest absolute Gasteiger partial charge is 0.326 e. The van der Waals surface area contributed by atoms with Crippen LogP contribution in [0.5, 0.6) is 0 Å². The number of likely N-dealkylation sites (tertiary alicyclic amines) is 1. The average Bonchev–Trinajstić information content (AvgIpc) is 3.11. The number of hydrogen-bond acceptors (Lipinski definition) is 4. The zero-order chi connectivity index (χ0) is 18.4. The summed E-state index contributed by atoms with van der Waals surface area (Å²) >= 11 is 0. The van der Waals surface area contributed by atoms with Crippen LogP contribution >= 0.6 is 0 Å². The second kappa shape index (κ2) is 9.14. The maximum atomic E-state index is 12.3. The normalized spacial score (nSPS) is 20.7. The van der Waals surface area contributed by atoms with E-state index in [9.17, 15) is 9.59 Å². The number of carbonyl (C=O) groups is 2. The molecular formula is C20H30N4O2. The van der Waals surface area contributed by atoms with Crippen molar-refractivity contribution in [1.82, 2.24) is 10.2 Å². The van der Waals surface area contributed by atoms with Crippen molar-refractivity contribution >= 4 is 23.2 Å². The molecule has 2 fully saturated rings. The molecule has 2 saturated heterocycles. The molecule has 2 heterocycles. The number of rotatable bonds is 6. The fraction of sp³-hybridized carbons (Fsp3) is 0.600. The molecule has 6 nitrogen and oxygen atoms in total. The minimum atomic E-state index is 0.00799. The van der Waals surface area contributed by atoms with Gasteiger partial charge < -0.3 is 16.0 Å². The fourth-order valence-electron chi connectivity index (χ4n) is 3.71. The molecule has 142 valence electrons. The highest BCUT2D eigenvalue weighted by Crippen LogP contribution is 2.21. The Morgan fingerprint density at radius 2 is 1.92 bits per heavy atom. The Bertz CT molecular complexity index is 635. The van der Waals surface area contributed by atoms with Crippen LogP contribution in [0.25, 0.3) is 0 Å². The molecule has 2 aliphatic rings. The number of nitrogens with one attached hydrogen (secondary N) is 3. The highest BCUT2D eigenvalue weighted by Gasteiger charge is 2.18. The maximum Gasteiger partial charge on any atom is 0.238 e. The second-order valence-electron chi connectivity index (χ2n) is 7.46. The minimum Gasteiger partial charge on any atom is -0.326 e. The van der Waals surface area contributed by atoms with Crippen LogP contribution in [0.4, 0.5) is 11.4 Å². The Morgan fingerprint density at radius 3 is 2.65 bits per heavy atom. The number of aryl methyl sites for hydroxylation is 1. The maximum absolute atomic E-state index is 12.3. The second-order valence-corrected chi connectivity index (χ2v) is 7.46. The predicted molar refractivity (Wildman–Crippen MR) is 104 cm³/mol. The quantitative estimate of drug-likeness (QED) is 0.730. The number of nitrogens with zero attached hydrogens (tertiary/aromatic N) is 1. The van der Waals surface area contributed by atoms with E-state index in [-0.39, 0.29) is 17.9 Å². The highest BCUT2D eigenvalue weighted by molar-refractivity contribution is 5.95. The van der Waals surface area contributed by atoms with Gasteiger partial charge in [0.15, 0.2) is 0 Å². The molecule has 0 spiro atoms. The van der Waals surface area contributed by atoms with Gasteiger partial charge in [-0.15, -0.1) is 0 Å². The molecule has 0 saturated carbocycles. The van der Waals surface area contributed by atoms with E-state index < -0.39 is 0 Å². The SMILES string of the molecule is Cc1ccc(NC(=O)CC2CCCN2)cc1NC(=O)CN1CCCCC1. The molecule has 1 aromatic carbocycles. The topological polar surface area (TPSA) is 73.5 Å². The fourth-order valence-corrected chi connectivity index (χ4v) is 3.71. The number of amides is 2. The Kier molecular flexibility index (Phi) is 6.63. The summed E-state index contributed by atoms with van der Waals surface area (Å²) in [7, 11) is 0. The Morgan fingerprint density at radius 1 is 1.12 bits per heavy atom. The van der Waals surface area contributed by atoms with Gasteiger partial charge in [0.1, 0.15) is 0 Å². The first-order chi connectivity index (χ1) is 12.6. The zero-order valence-electron chi connectivity index (χ0n) is 15.6. The first-order valence-electron chi connectivity index (χ1n) is 9.76. The molecule has 3 N–H and O–H groups in total. The van der Waals surface area contributed by atoms with E-state index in [4.69, 9.17) is 0 Å². The van der Waals surface area contributed by atoms with Crippen LogP contribution in [-0.2, 0) is 9.59 Å². The smallest absolute Gasteiger partial charge is 0.238 e. The van der Waals surface area contributed by atoms with E-state index in [2.05, 4.69) is 20.9 Å². The number of carbonyl (C=O) groups excluding carboxylic acids is 2. The van der Waals surface area contributed by atoms with Crippen molar-refractivity contribution in [2.45, 2.75) is 51.5 Å². The van der Waals surface area contributed by atoms with Crippen molar-refractivity contribution in [3.63, 3.8) is 0 Å². The third-order valence-electron chi connectivity index (χ3n) is 5.21. The molecule has 2 amide bonds. The summed E-state index contributed by atoms with van der Waals surface area (Å²) in [5.41, 5.74) is 2.49. The first-order valence-corrected chi connectivity index (χ1v) is 9.76. The summed E-state index contributed by atoms with van der Waals surface area (Å²) in [6, 6.07) is 5.95. The molecule has 6 heteroatoms. The van der Waals surface area contributed by atoms with Crippen molar-refractivity contribution in [1.29, 1.82) is 0 Å². The summed E-state index contributed by atoms with van der Waals surface area (Å²) in [6.07, 6.45) is 6.28. The Hall–Kier alpha value is -1.92. The van der Waals surface area contributed by atoms with Gasteiger partial charge in [-0.25, -0.2) is 0 Å². The van der Waals surface area contributed by atoms with Crippen molar-refractivity contribution in [3.8, 4) is 0 Å². The van der Waals surface area contributed by atoms with Crippen LogP contribution in [-0.4, -0.2) is 48.9 Å². The number of anilines is 2. The molecule has 0 bridgehead atoms. The van der Waals surface area contributed by atoms with E-state index in [1.54, 1.807) is 0 Å². The van der Waals surface area contributed by atoms with E-state index in [0.717, 1.165) is 49.4 Å². The zero-order valence-corrected chi connectivity index (χ0v) is 15.6. The minimum absolute atomic E-state index is 0.00799. The van der Waals surface area contributed by atoms with Gasteiger partial charge in [0, 0.05) is 23.8 Å². The van der Waals surface area contributed by atoms with Crippen LogP contribution < -0.4 is 16.0 Å². The lowest BCUT2D eigenvalue weighted by molar-refractivity contribution is -0.118. The van der Waals surface area contributed by atoms with Gasteiger partial charge in [-0.05, 0) is 69.9 Å².